The fraction of sp³-hybridized carbons (Fsp3) is 0.500. The van der Waals surface area contributed by atoms with Crippen molar-refractivity contribution in [3.8, 4) is 5.88 Å². The first-order valence-electron chi connectivity index (χ1n) is 9.62. The van der Waals surface area contributed by atoms with Crippen molar-refractivity contribution in [3.63, 3.8) is 0 Å². The van der Waals surface area contributed by atoms with Gasteiger partial charge in [0.05, 0.1) is 12.3 Å². The molecule has 0 atom stereocenters. The van der Waals surface area contributed by atoms with E-state index in [2.05, 4.69) is 15.0 Å². The number of piperidine rings is 1. The van der Waals surface area contributed by atoms with E-state index in [1.54, 1.807) is 23.4 Å². The maximum atomic E-state index is 12.5. The van der Waals surface area contributed by atoms with Crippen LogP contribution in [0.4, 0.5) is 0 Å². The van der Waals surface area contributed by atoms with E-state index in [0.717, 1.165) is 18.5 Å². The molecule has 2 aromatic rings. The van der Waals surface area contributed by atoms with Crippen LogP contribution in [-0.4, -0.2) is 45.5 Å². The molecule has 1 N–H and O–H groups in total. The number of hydrogen-bond donors (Lipinski definition) is 1. The second-order valence-electron chi connectivity index (χ2n) is 7.38. The molecule has 1 amide bonds. The lowest BCUT2D eigenvalue weighted by Crippen LogP contribution is -2.40. The van der Waals surface area contributed by atoms with Crippen molar-refractivity contribution in [2.45, 2.75) is 38.0 Å². The second kappa shape index (κ2) is 7.90. The van der Waals surface area contributed by atoms with Crippen LogP contribution in [0.2, 0.25) is 0 Å². The van der Waals surface area contributed by atoms with Gasteiger partial charge in [-0.1, -0.05) is 12.5 Å². The van der Waals surface area contributed by atoms with E-state index in [0.29, 0.717) is 43.1 Å². The normalized spacial score (nSPS) is 18.1. The number of ether oxygens (including phenoxy) is 1. The summed E-state index contributed by atoms with van der Waals surface area (Å²) >= 11 is 0. The zero-order valence-corrected chi connectivity index (χ0v) is 15.3. The molecule has 0 aromatic carbocycles. The number of carbonyl (C=O) groups is 1. The van der Waals surface area contributed by atoms with E-state index in [1.807, 2.05) is 6.07 Å². The average molecular weight is 368 g/mol. The van der Waals surface area contributed by atoms with Gasteiger partial charge < -0.3 is 14.6 Å². The Hall–Kier alpha value is -2.70. The molecule has 1 aliphatic heterocycles. The summed E-state index contributed by atoms with van der Waals surface area (Å²) in [6, 6.07) is 6.62. The number of nitrogens with zero attached hydrogens (tertiary/aromatic N) is 3. The van der Waals surface area contributed by atoms with Crippen LogP contribution in [0.1, 0.15) is 54.2 Å². The molecule has 0 bridgehead atoms. The SMILES string of the molecule is O=C(c1cccc(=O)[nH]1)N1CCC(COc2cc(C3CCC3)ncn2)CC1. The molecule has 1 saturated heterocycles. The van der Waals surface area contributed by atoms with Crippen LogP contribution in [0.15, 0.2) is 35.4 Å². The Kier molecular flexibility index (Phi) is 5.18. The summed E-state index contributed by atoms with van der Waals surface area (Å²) in [6.45, 7) is 1.94. The Morgan fingerprint density at radius 3 is 2.70 bits per heavy atom. The second-order valence-corrected chi connectivity index (χ2v) is 7.38. The summed E-state index contributed by atoms with van der Waals surface area (Å²) in [5, 5.41) is 0. The molecule has 1 aliphatic carbocycles. The van der Waals surface area contributed by atoms with E-state index in [4.69, 9.17) is 4.74 Å². The minimum Gasteiger partial charge on any atom is -0.477 e. The van der Waals surface area contributed by atoms with Gasteiger partial charge in [-0.25, -0.2) is 9.97 Å². The molecule has 1 saturated carbocycles. The third-order valence-corrected chi connectivity index (χ3v) is 5.55. The summed E-state index contributed by atoms with van der Waals surface area (Å²) < 4.78 is 5.90. The quantitative estimate of drug-likeness (QED) is 0.875. The molecule has 0 spiro atoms. The first-order valence-corrected chi connectivity index (χ1v) is 9.62. The van der Waals surface area contributed by atoms with E-state index in [-0.39, 0.29) is 11.5 Å². The van der Waals surface area contributed by atoms with E-state index >= 15 is 0 Å². The summed E-state index contributed by atoms with van der Waals surface area (Å²) in [4.78, 5) is 36.8. The molecule has 2 aliphatic rings. The monoisotopic (exact) mass is 368 g/mol. The van der Waals surface area contributed by atoms with Crippen molar-refractivity contribution >= 4 is 5.91 Å². The molecule has 7 heteroatoms. The Morgan fingerprint density at radius 2 is 2.00 bits per heavy atom. The van der Waals surface area contributed by atoms with Gasteiger partial charge in [0.1, 0.15) is 12.0 Å². The van der Waals surface area contributed by atoms with E-state index in [9.17, 15) is 9.59 Å². The predicted octanol–water partition coefficient (Wildman–Crippen LogP) is 2.36. The average Bonchev–Trinajstić information content (AvgIpc) is 2.65. The number of carbonyl (C=O) groups excluding carboxylic acids is 1. The van der Waals surface area contributed by atoms with Crippen LogP contribution >= 0.6 is 0 Å². The Labute approximate surface area is 157 Å². The van der Waals surface area contributed by atoms with E-state index < -0.39 is 0 Å². The molecule has 0 unspecified atom stereocenters. The van der Waals surface area contributed by atoms with Crippen LogP contribution in [0, 0.1) is 5.92 Å². The molecule has 27 heavy (non-hydrogen) atoms. The largest absolute Gasteiger partial charge is 0.477 e. The number of amides is 1. The highest BCUT2D eigenvalue weighted by Gasteiger charge is 2.25. The standard InChI is InChI=1S/C20H24N4O3/c25-18-6-2-5-16(23-18)20(26)24-9-7-14(8-10-24)12-27-19-11-17(21-13-22-19)15-3-1-4-15/h2,5-6,11,13-15H,1,3-4,7-10,12H2,(H,23,25). The highest BCUT2D eigenvalue weighted by Crippen LogP contribution is 2.35. The molecule has 2 aromatic heterocycles. The minimum atomic E-state index is -0.254. The number of aromatic amines is 1. The molecular weight excluding hydrogens is 344 g/mol. The number of H-pyrrole nitrogens is 1. The van der Waals surface area contributed by atoms with Gasteiger partial charge >= 0.3 is 0 Å². The van der Waals surface area contributed by atoms with Crippen molar-refractivity contribution in [1.82, 2.24) is 19.9 Å². The molecular formula is C20H24N4O3. The van der Waals surface area contributed by atoms with Gasteiger partial charge in [-0.3, -0.25) is 9.59 Å². The van der Waals surface area contributed by atoms with Crippen LogP contribution in [0.5, 0.6) is 5.88 Å². The maximum absolute atomic E-state index is 12.5. The highest BCUT2D eigenvalue weighted by molar-refractivity contribution is 5.92. The number of hydrogen-bond acceptors (Lipinski definition) is 5. The first kappa shape index (κ1) is 17.7. The maximum Gasteiger partial charge on any atom is 0.270 e. The third-order valence-electron chi connectivity index (χ3n) is 5.55. The van der Waals surface area contributed by atoms with Gasteiger partial charge in [0, 0.05) is 31.1 Å². The van der Waals surface area contributed by atoms with Crippen molar-refractivity contribution in [2.24, 2.45) is 5.92 Å². The molecule has 7 nitrogen and oxygen atoms in total. The lowest BCUT2D eigenvalue weighted by Gasteiger charge is -2.31. The summed E-state index contributed by atoms with van der Waals surface area (Å²) in [5.74, 6) is 1.49. The first-order chi connectivity index (χ1) is 13.2. The van der Waals surface area contributed by atoms with Gasteiger partial charge in [0.15, 0.2) is 0 Å². The van der Waals surface area contributed by atoms with Crippen LogP contribution in [0.3, 0.4) is 0 Å². The smallest absolute Gasteiger partial charge is 0.270 e. The zero-order valence-electron chi connectivity index (χ0n) is 15.3. The highest BCUT2D eigenvalue weighted by atomic mass is 16.5. The topological polar surface area (TPSA) is 88.2 Å². The van der Waals surface area contributed by atoms with Crippen molar-refractivity contribution in [1.29, 1.82) is 0 Å². The third kappa shape index (κ3) is 4.18. The molecule has 142 valence electrons. The lowest BCUT2D eigenvalue weighted by atomic mass is 9.83. The fourth-order valence-corrected chi connectivity index (χ4v) is 3.61. The van der Waals surface area contributed by atoms with Crippen molar-refractivity contribution in [3.05, 3.63) is 52.3 Å². The fourth-order valence-electron chi connectivity index (χ4n) is 3.61. The number of nitrogens with one attached hydrogen (secondary N) is 1. The zero-order chi connectivity index (χ0) is 18.6. The van der Waals surface area contributed by atoms with Crippen molar-refractivity contribution < 1.29 is 9.53 Å². The molecule has 4 rings (SSSR count). The predicted molar refractivity (Wildman–Crippen MR) is 99.8 cm³/mol. The summed E-state index contributed by atoms with van der Waals surface area (Å²) in [7, 11) is 0. The Morgan fingerprint density at radius 1 is 1.19 bits per heavy atom. The number of pyridine rings is 1. The molecule has 2 fully saturated rings. The number of aromatic nitrogens is 3. The summed E-state index contributed by atoms with van der Waals surface area (Å²) in [5.41, 5.74) is 1.18. The summed E-state index contributed by atoms with van der Waals surface area (Å²) in [6.07, 6.45) is 7.03. The number of rotatable bonds is 5. The Balaban J connectivity index is 1.27. The van der Waals surface area contributed by atoms with Gasteiger partial charge in [0.25, 0.3) is 5.91 Å². The van der Waals surface area contributed by atoms with Crippen LogP contribution < -0.4 is 10.3 Å². The van der Waals surface area contributed by atoms with E-state index in [1.165, 1.54) is 25.3 Å². The van der Waals surface area contributed by atoms with Crippen molar-refractivity contribution in [2.75, 3.05) is 19.7 Å². The minimum absolute atomic E-state index is 0.118. The van der Waals surface area contributed by atoms with Gasteiger partial charge in [-0.2, -0.15) is 0 Å². The van der Waals surface area contributed by atoms with Crippen LogP contribution in [-0.2, 0) is 0 Å². The Bertz CT molecular complexity index is 854. The van der Waals surface area contributed by atoms with Gasteiger partial charge in [0.2, 0.25) is 11.4 Å². The molecule has 0 radical (unpaired) electrons. The van der Waals surface area contributed by atoms with Crippen LogP contribution in [0.25, 0.3) is 0 Å². The molecule has 3 heterocycles. The van der Waals surface area contributed by atoms with Gasteiger partial charge in [-0.05, 0) is 37.7 Å². The van der Waals surface area contributed by atoms with Gasteiger partial charge in [-0.15, -0.1) is 0 Å². The lowest BCUT2D eigenvalue weighted by molar-refractivity contribution is 0.0653. The number of likely N-dealkylation sites (tertiary alicyclic amines) is 1.